The summed E-state index contributed by atoms with van der Waals surface area (Å²) in [5, 5.41) is 3.31. The molecule has 1 aliphatic heterocycles. The van der Waals surface area contributed by atoms with Crippen LogP contribution in [0.4, 0.5) is 0 Å². The van der Waals surface area contributed by atoms with Crippen LogP contribution in [0.25, 0.3) is 0 Å². The highest BCUT2D eigenvalue weighted by Crippen LogP contribution is 2.18. The highest BCUT2D eigenvalue weighted by atomic mass is 35.5. The van der Waals surface area contributed by atoms with Gasteiger partial charge in [-0.25, -0.2) is 4.98 Å². The molecule has 0 saturated carbocycles. The van der Waals surface area contributed by atoms with E-state index in [0.717, 1.165) is 13.1 Å². The van der Waals surface area contributed by atoms with Crippen LogP contribution in [-0.2, 0) is 0 Å². The van der Waals surface area contributed by atoms with Crippen LogP contribution < -0.4 is 5.32 Å². The molecule has 0 amide bonds. The maximum absolute atomic E-state index is 3.98. The van der Waals surface area contributed by atoms with Gasteiger partial charge in [0.25, 0.3) is 0 Å². The zero-order valence-electron chi connectivity index (χ0n) is 6.62. The number of aromatic nitrogens is 2. The topological polar surface area (TPSA) is 40.7 Å². The van der Waals surface area contributed by atoms with Crippen LogP contribution in [0.3, 0.4) is 0 Å². The molecule has 0 bridgehead atoms. The van der Waals surface area contributed by atoms with Crippen molar-refractivity contribution in [1.82, 2.24) is 15.3 Å². The average molecular weight is 210 g/mol. The molecule has 5 heteroatoms. The zero-order chi connectivity index (χ0) is 6.81. The molecule has 2 rings (SSSR count). The summed E-state index contributed by atoms with van der Waals surface area (Å²) >= 11 is 0. The van der Waals surface area contributed by atoms with Crippen molar-refractivity contribution < 1.29 is 0 Å². The van der Waals surface area contributed by atoms with Gasteiger partial charge < -0.3 is 10.3 Å². The Bertz CT molecular complexity index is 194. The SMILES string of the molecule is Cl.Cl.c1ncc(C2CCNC2)[nH]1. The summed E-state index contributed by atoms with van der Waals surface area (Å²) in [5.74, 6) is 0.669. The first-order valence-electron chi connectivity index (χ1n) is 3.66. The van der Waals surface area contributed by atoms with Crippen molar-refractivity contribution in [3.63, 3.8) is 0 Å². The molecule has 1 aromatic heterocycles. The fraction of sp³-hybridized carbons (Fsp3) is 0.571. The summed E-state index contributed by atoms with van der Waals surface area (Å²) in [7, 11) is 0. The van der Waals surface area contributed by atoms with Crippen molar-refractivity contribution in [2.24, 2.45) is 0 Å². The predicted molar refractivity (Wildman–Crippen MR) is 53.3 cm³/mol. The van der Waals surface area contributed by atoms with E-state index in [1.807, 2.05) is 6.20 Å². The highest BCUT2D eigenvalue weighted by Gasteiger charge is 2.16. The Morgan fingerprint density at radius 1 is 1.42 bits per heavy atom. The molecular formula is C7H13Cl2N3. The molecule has 1 unspecified atom stereocenters. The van der Waals surface area contributed by atoms with Crippen LogP contribution in [-0.4, -0.2) is 23.1 Å². The predicted octanol–water partition coefficient (Wildman–Crippen LogP) is 1.33. The third-order valence-electron chi connectivity index (χ3n) is 2.02. The summed E-state index contributed by atoms with van der Waals surface area (Å²) in [6.45, 7) is 2.24. The lowest BCUT2D eigenvalue weighted by atomic mass is 10.1. The Hall–Kier alpha value is -0.250. The molecule has 1 saturated heterocycles. The second kappa shape index (κ2) is 5.41. The van der Waals surface area contributed by atoms with Gasteiger partial charge in [-0.15, -0.1) is 24.8 Å². The molecule has 3 nitrogen and oxygen atoms in total. The molecule has 0 aliphatic carbocycles. The number of nitrogens with one attached hydrogen (secondary N) is 2. The number of nitrogens with zero attached hydrogens (tertiary/aromatic N) is 1. The Kier molecular flexibility index (Phi) is 5.29. The standard InChI is InChI=1S/C7H11N3.2ClH/c1-2-8-3-6(1)7-4-9-5-10-7;;/h4-6,8H,1-3H2,(H,9,10);2*1H. The molecule has 70 valence electrons. The summed E-state index contributed by atoms with van der Waals surface area (Å²) in [6, 6.07) is 0. The van der Waals surface area contributed by atoms with E-state index in [-0.39, 0.29) is 24.8 Å². The van der Waals surface area contributed by atoms with E-state index < -0.39 is 0 Å². The molecule has 0 radical (unpaired) electrons. The Morgan fingerprint density at radius 3 is 2.75 bits per heavy atom. The number of H-pyrrole nitrogens is 1. The summed E-state index contributed by atoms with van der Waals surface area (Å²) < 4.78 is 0. The number of hydrogen-bond acceptors (Lipinski definition) is 2. The summed E-state index contributed by atoms with van der Waals surface area (Å²) in [5.41, 5.74) is 1.27. The molecule has 12 heavy (non-hydrogen) atoms. The largest absolute Gasteiger partial charge is 0.348 e. The molecule has 0 spiro atoms. The Morgan fingerprint density at radius 2 is 2.25 bits per heavy atom. The molecule has 1 aromatic rings. The first-order valence-corrected chi connectivity index (χ1v) is 3.66. The zero-order valence-corrected chi connectivity index (χ0v) is 8.25. The number of rotatable bonds is 1. The average Bonchev–Trinajstić information content (AvgIpc) is 2.59. The molecule has 0 aromatic carbocycles. The van der Waals surface area contributed by atoms with E-state index in [0.29, 0.717) is 5.92 Å². The molecule has 1 aliphatic rings. The molecular weight excluding hydrogens is 197 g/mol. The van der Waals surface area contributed by atoms with E-state index in [1.54, 1.807) is 6.33 Å². The van der Waals surface area contributed by atoms with Crippen LogP contribution in [0.5, 0.6) is 0 Å². The summed E-state index contributed by atoms with van der Waals surface area (Å²) in [6.07, 6.45) is 4.90. The van der Waals surface area contributed by atoms with Crippen LogP contribution in [0.1, 0.15) is 18.0 Å². The van der Waals surface area contributed by atoms with Gasteiger partial charge in [0.15, 0.2) is 0 Å². The second-order valence-electron chi connectivity index (χ2n) is 2.70. The molecule has 2 heterocycles. The van der Waals surface area contributed by atoms with Crippen molar-refractivity contribution in [3.8, 4) is 0 Å². The second-order valence-corrected chi connectivity index (χ2v) is 2.70. The number of hydrogen-bond donors (Lipinski definition) is 2. The van der Waals surface area contributed by atoms with Crippen molar-refractivity contribution in [2.75, 3.05) is 13.1 Å². The van der Waals surface area contributed by atoms with Gasteiger partial charge in [0.2, 0.25) is 0 Å². The third kappa shape index (κ3) is 2.37. The fourth-order valence-electron chi connectivity index (χ4n) is 1.41. The lowest BCUT2D eigenvalue weighted by molar-refractivity contribution is 0.741. The first-order chi connectivity index (χ1) is 4.97. The number of aromatic amines is 1. The molecule has 1 atom stereocenters. The maximum Gasteiger partial charge on any atom is 0.0921 e. The fourth-order valence-corrected chi connectivity index (χ4v) is 1.41. The van der Waals surface area contributed by atoms with Crippen molar-refractivity contribution >= 4 is 24.8 Å². The monoisotopic (exact) mass is 209 g/mol. The molecule has 1 fully saturated rings. The normalized spacial score (nSPS) is 21.2. The van der Waals surface area contributed by atoms with E-state index in [2.05, 4.69) is 15.3 Å². The third-order valence-corrected chi connectivity index (χ3v) is 2.02. The van der Waals surface area contributed by atoms with Gasteiger partial charge in [0.1, 0.15) is 0 Å². The van der Waals surface area contributed by atoms with Gasteiger partial charge in [-0.2, -0.15) is 0 Å². The molecule has 2 N–H and O–H groups in total. The van der Waals surface area contributed by atoms with Crippen LogP contribution in [0.15, 0.2) is 12.5 Å². The first kappa shape index (κ1) is 11.8. The van der Waals surface area contributed by atoms with Crippen LogP contribution in [0, 0.1) is 0 Å². The highest BCUT2D eigenvalue weighted by molar-refractivity contribution is 5.85. The smallest absolute Gasteiger partial charge is 0.0921 e. The minimum atomic E-state index is 0. The van der Waals surface area contributed by atoms with E-state index >= 15 is 0 Å². The lowest BCUT2D eigenvalue weighted by Crippen LogP contribution is -2.07. The van der Waals surface area contributed by atoms with Crippen molar-refractivity contribution in [3.05, 3.63) is 18.2 Å². The van der Waals surface area contributed by atoms with Gasteiger partial charge >= 0.3 is 0 Å². The lowest BCUT2D eigenvalue weighted by Gasteiger charge is -2.02. The minimum Gasteiger partial charge on any atom is -0.348 e. The van der Waals surface area contributed by atoms with E-state index in [9.17, 15) is 0 Å². The maximum atomic E-state index is 3.98. The van der Waals surface area contributed by atoms with Gasteiger partial charge in [0, 0.05) is 24.4 Å². The van der Waals surface area contributed by atoms with E-state index in [1.165, 1.54) is 12.1 Å². The van der Waals surface area contributed by atoms with Crippen molar-refractivity contribution in [1.29, 1.82) is 0 Å². The van der Waals surface area contributed by atoms with Gasteiger partial charge in [-0.3, -0.25) is 0 Å². The Labute approximate surface area is 84.2 Å². The van der Waals surface area contributed by atoms with Crippen molar-refractivity contribution in [2.45, 2.75) is 12.3 Å². The number of halogens is 2. The van der Waals surface area contributed by atoms with Gasteiger partial charge in [-0.05, 0) is 13.0 Å². The van der Waals surface area contributed by atoms with Crippen LogP contribution >= 0.6 is 24.8 Å². The minimum absolute atomic E-state index is 0. The quantitative estimate of drug-likeness (QED) is 0.734. The van der Waals surface area contributed by atoms with E-state index in [4.69, 9.17) is 0 Å². The van der Waals surface area contributed by atoms with Crippen LogP contribution in [0.2, 0.25) is 0 Å². The van der Waals surface area contributed by atoms with Gasteiger partial charge in [0.05, 0.1) is 6.33 Å². The van der Waals surface area contributed by atoms with Gasteiger partial charge in [-0.1, -0.05) is 0 Å². The Balaban J connectivity index is 0.000000605. The number of imidazole rings is 1. The summed E-state index contributed by atoms with van der Waals surface area (Å²) in [4.78, 5) is 7.11.